The van der Waals surface area contributed by atoms with Crippen LogP contribution in [-0.4, -0.2) is 16.5 Å². The fourth-order valence-corrected chi connectivity index (χ4v) is 2.97. The maximum Gasteiger partial charge on any atom is 0.129 e. The second kappa shape index (κ2) is 5.36. The molecule has 3 aromatic rings. The minimum atomic E-state index is 0.889. The van der Waals surface area contributed by atoms with Gasteiger partial charge in [-0.1, -0.05) is 25.1 Å². The standard InChI is InChI=1S/C15H15N3S/c1-2-7-16-14-9-13(17-10-18-14)12-5-3-4-11-6-8-19-15(11)12/h3-6,8-10H,2,7H2,1H3,(H,16,17,18). The summed E-state index contributed by atoms with van der Waals surface area (Å²) in [5.74, 6) is 0.889. The lowest BCUT2D eigenvalue weighted by molar-refractivity contribution is 0.965. The predicted molar refractivity (Wildman–Crippen MR) is 81.6 cm³/mol. The lowest BCUT2D eigenvalue weighted by Crippen LogP contribution is -2.02. The Morgan fingerprint density at radius 1 is 1.21 bits per heavy atom. The van der Waals surface area contributed by atoms with E-state index in [9.17, 15) is 0 Å². The number of aromatic nitrogens is 2. The molecule has 0 radical (unpaired) electrons. The molecule has 96 valence electrons. The molecule has 4 heteroatoms. The maximum absolute atomic E-state index is 4.40. The minimum absolute atomic E-state index is 0.889. The molecule has 0 bridgehead atoms. The Labute approximate surface area is 116 Å². The molecule has 0 atom stereocenters. The van der Waals surface area contributed by atoms with Crippen LogP contribution in [0.4, 0.5) is 5.82 Å². The van der Waals surface area contributed by atoms with Gasteiger partial charge in [0.05, 0.1) is 5.69 Å². The van der Waals surface area contributed by atoms with Gasteiger partial charge in [-0.2, -0.15) is 0 Å². The van der Waals surface area contributed by atoms with Crippen molar-refractivity contribution < 1.29 is 0 Å². The van der Waals surface area contributed by atoms with Crippen LogP contribution in [-0.2, 0) is 0 Å². The molecule has 3 nitrogen and oxygen atoms in total. The number of rotatable bonds is 4. The average molecular weight is 269 g/mol. The summed E-state index contributed by atoms with van der Waals surface area (Å²) in [5.41, 5.74) is 2.15. The predicted octanol–water partition coefficient (Wildman–Crippen LogP) is 4.18. The molecular weight excluding hydrogens is 254 g/mol. The lowest BCUT2D eigenvalue weighted by Gasteiger charge is -2.06. The SMILES string of the molecule is CCCNc1cc(-c2cccc3ccsc23)ncn1. The molecule has 0 unspecified atom stereocenters. The summed E-state index contributed by atoms with van der Waals surface area (Å²) >= 11 is 1.75. The summed E-state index contributed by atoms with van der Waals surface area (Å²) in [6.07, 6.45) is 2.71. The molecule has 1 aromatic carbocycles. The van der Waals surface area contributed by atoms with Gasteiger partial charge in [0, 0.05) is 22.9 Å². The Bertz CT molecular complexity index is 690. The summed E-state index contributed by atoms with van der Waals surface area (Å²) in [4.78, 5) is 8.65. The van der Waals surface area contributed by atoms with Crippen LogP contribution in [0, 0.1) is 0 Å². The molecule has 0 aliphatic rings. The van der Waals surface area contributed by atoms with Gasteiger partial charge in [-0.05, 0) is 23.3 Å². The summed E-state index contributed by atoms with van der Waals surface area (Å²) in [7, 11) is 0. The van der Waals surface area contributed by atoms with Crippen molar-refractivity contribution in [1.29, 1.82) is 0 Å². The highest BCUT2D eigenvalue weighted by Crippen LogP contribution is 2.31. The van der Waals surface area contributed by atoms with E-state index in [1.165, 1.54) is 15.6 Å². The van der Waals surface area contributed by atoms with Crippen molar-refractivity contribution >= 4 is 27.2 Å². The summed E-state index contributed by atoms with van der Waals surface area (Å²) in [6.45, 7) is 3.07. The second-order valence-corrected chi connectivity index (χ2v) is 5.28. The van der Waals surface area contributed by atoms with Crippen LogP contribution < -0.4 is 5.32 Å². The zero-order valence-corrected chi connectivity index (χ0v) is 11.6. The van der Waals surface area contributed by atoms with E-state index in [0.29, 0.717) is 0 Å². The minimum Gasteiger partial charge on any atom is -0.370 e. The summed E-state index contributed by atoms with van der Waals surface area (Å²) in [6, 6.07) is 10.5. The Morgan fingerprint density at radius 2 is 2.16 bits per heavy atom. The number of hydrogen-bond donors (Lipinski definition) is 1. The lowest BCUT2D eigenvalue weighted by atomic mass is 10.1. The van der Waals surface area contributed by atoms with E-state index in [4.69, 9.17) is 0 Å². The molecule has 0 fully saturated rings. The highest BCUT2D eigenvalue weighted by molar-refractivity contribution is 7.17. The number of thiophene rings is 1. The van der Waals surface area contributed by atoms with Crippen molar-refractivity contribution in [2.45, 2.75) is 13.3 Å². The van der Waals surface area contributed by atoms with Crippen LogP contribution in [0.2, 0.25) is 0 Å². The number of nitrogens with zero attached hydrogens (tertiary/aromatic N) is 2. The van der Waals surface area contributed by atoms with Crippen LogP contribution in [0.15, 0.2) is 42.0 Å². The smallest absolute Gasteiger partial charge is 0.129 e. The Hall–Kier alpha value is -1.94. The monoisotopic (exact) mass is 269 g/mol. The van der Waals surface area contributed by atoms with Gasteiger partial charge < -0.3 is 5.32 Å². The van der Waals surface area contributed by atoms with Crippen molar-refractivity contribution in [1.82, 2.24) is 9.97 Å². The molecule has 1 N–H and O–H groups in total. The first-order chi connectivity index (χ1) is 9.38. The van der Waals surface area contributed by atoms with Gasteiger partial charge in [-0.25, -0.2) is 9.97 Å². The van der Waals surface area contributed by atoms with E-state index in [-0.39, 0.29) is 0 Å². The van der Waals surface area contributed by atoms with E-state index >= 15 is 0 Å². The Morgan fingerprint density at radius 3 is 3.05 bits per heavy atom. The average Bonchev–Trinajstić information content (AvgIpc) is 2.93. The quantitative estimate of drug-likeness (QED) is 0.772. The first-order valence-electron chi connectivity index (χ1n) is 6.41. The highest BCUT2D eigenvalue weighted by atomic mass is 32.1. The van der Waals surface area contributed by atoms with Crippen molar-refractivity contribution in [2.24, 2.45) is 0 Å². The highest BCUT2D eigenvalue weighted by Gasteiger charge is 2.07. The molecule has 3 rings (SSSR count). The Kier molecular flexibility index (Phi) is 3.42. The third kappa shape index (κ3) is 2.44. The number of fused-ring (bicyclic) bond motifs is 1. The zero-order valence-electron chi connectivity index (χ0n) is 10.8. The Balaban J connectivity index is 2.03. The normalized spacial score (nSPS) is 10.8. The van der Waals surface area contributed by atoms with Crippen LogP contribution in [0.3, 0.4) is 0 Å². The van der Waals surface area contributed by atoms with E-state index in [1.807, 2.05) is 6.07 Å². The largest absolute Gasteiger partial charge is 0.370 e. The van der Waals surface area contributed by atoms with Crippen LogP contribution in [0.5, 0.6) is 0 Å². The second-order valence-electron chi connectivity index (χ2n) is 4.36. The first kappa shape index (κ1) is 12.1. The van der Waals surface area contributed by atoms with Crippen LogP contribution >= 0.6 is 11.3 Å². The van der Waals surface area contributed by atoms with Crippen molar-refractivity contribution in [3.8, 4) is 11.3 Å². The number of nitrogens with one attached hydrogen (secondary N) is 1. The maximum atomic E-state index is 4.40. The van der Waals surface area contributed by atoms with E-state index in [0.717, 1.165) is 24.5 Å². The van der Waals surface area contributed by atoms with Gasteiger partial charge in [-0.15, -0.1) is 11.3 Å². The van der Waals surface area contributed by atoms with Gasteiger partial charge >= 0.3 is 0 Å². The molecule has 0 spiro atoms. The molecule has 0 saturated carbocycles. The first-order valence-corrected chi connectivity index (χ1v) is 7.29. The van der Waals surface area contributed by atoms with Gasteiger partial charge in [0.2, 0.25) is 0 Å². The van der Waals surface area contributed by atoms with Crippen molar-refractivity contribution in [3.05, 3.63) is 42.0 Å². The number of benzene rings is 1. The summed E-state index contributed by atoms with van der Waals surface area (Å²) in [5, 5.41) is 6.68. The van der Waals surface area contributed by atoms with Crippen molar-refractivity contribution in [3.63, 3.8) is 0 Å². The third-order valence-electron chi connectivity index (χ3n) is 2.98. The van der Waals surface area contributed by atoms with Gasteiger partial charge in [-0.3, -0.25) is 0 Å². The topological polar surface area (TPSA) is 37.8 Å². The molecule has 0 saturated heterocycles. The number of anilines is 1. The van der Waals surface area contributed by atoms with E-state index < -0.39 is 0 Å². The van der Waals surface area contributed by atoms with Crippen molar-refractivity contribution in [2.75, 3.05) is 11.9 Å². The van der Waals surface area contributed by atoms with Crippen LogP contribution in [0.25, 0.3) is 21.3 Å². The molecule has 0 aliphatic heterocycles. The van der Waals surface area contributed by atoms with Crippen LogP contribution in [0.1, 0.15) is 13.3 Å². The zero-order chi connectivity index (χ0) is 13.1. The van der Waals surface area contributed by atoms with E-state index in [2.05, 4.69) is 51.9 Å². The fraction of sp³-hybridized carbons (Fsp3) is 0.200. The number of hydrogen-bond acceptors (Lipinski definition) is 4. The van der Waals surface area contributed by atoms with Gasteiger partial charge in [0.25, 0.3) is 0 Å². The molecule has 0 amide bonds. The fourth-order valence-electron chi connectivity index (χ4n) is 2.05. The third-order valence-corrected chi connectivity index (χ3v) is 3.94. The molecule has 19 heavy (non-hydrogen) atoms. The molecular formula is C15H15N3S. The van der Waals surface area contributed by atoms with Gasteiger partial charge in [0.15, 0.2) is 0 Å². The van der Waals surface area contributed by atoms with Gasteiger partial charge in [0.1, 0.15) is 12.1 Å². The molecule has 0 aliphatic carbocycles. The molecule has 2 aromatic heterocycles. The molecule has 2 heterocycles. The van der Waals surface area contributed by atoms with E-state index in [1.54, 1.807) is 17.7 Å². The summed E-state index contributed by atoms with van der Waals surface area (Å²) < 4.78 is 1.28.